The molecule has 0 aromatic heterocycles. The quantitative estimate of drug-likeness (QED) is 0.465. The van der Waals surface area contributed by atoms with Crippen molar-refractivity contribution in [2.45, 2.75) is 78.6 Å². The highest BCUT2D eigenvalue weighted by molar-refractivity contribution is 5.27. The first kappa shape index (κ1) is 15.5. The molecule has 0 saturated heterocycles. The summed E-state index contributed by atoms with van der Waals surface area (Å²) >= 11 is 0. The molecule has 18 heavy (non-hydrogen) atoms. The van der Waals surface area contributed by atoms with E-state index in [1.807, 2.05) is 0 Å². The molecule has 1 aliphatic rings. The normalized spacial score (nSPS) is 25.2. The standard InChI is InChI=1S/C18H32/c1-5-9-16(4)18(6-2)13-8-12-17-11-7-10-15(3)14-17/h13,15,17H,4-12,14H2,1-3H3/b18-13+. The van der Waals surface area contributed by atoms with Crippen molar-refractivity contribution in [2.75, 3.05) is 0 Å². The monoisotopic (exact) mass is 248 g/mol. The summed E-state index contributed by atoms with van der Waals surface area (Å²) in [6, 6.07) is 0. The first-order chi connectivity index (χ1) is 8.67. The minimum atomic E-state index is 0.966. The molecule has 104 valence electrons. The lowest BCUT2D eigenvalue weighted by molar-refractivity contribution is 0.271. The molecular formula is C18H32. The van der Waals surface area contributed by atoms with Crippen molar-refractivity contribution < 1.29 is 0 Å². The zero-order valence-corrected chi connectivity index (χ0v) is 12.8. The van der Waals surface area contributed by atoms with Gasteiger partial charge in [0.25, 0.3) is 0 Å². The summed E-state index contributed by atoms with van der Waals surface area (Å²) in [5, 5.41) is 0. The fourth-order valence-corrected chi connectivity index (χ4v) is 3.32. The van der Waals surface area contributed by atoms with Gasteiger partial charge in [-0.15, -0.1) is 0 Å². The summed E-state index contributed by atoms with van der Waals surface area (Å²) in [4.78, 5) is 0. The summed E-state index contributed by atoms with van der Waals surface area (Å²) in [6.45, 7) is 11.1. The molecule has 0 bridgehead atoms. The third kappa shape index (κ3) is 5.42. The summed E-state index contributed by atoms with van der Waals surface area (Å²) in [5.41, 5.74) is 2.89. The Balaban J connectivity index is 2.34. The Hall–Kier alpha value is -0.520. The highest BCUT2D eigenvalue weighted by Gasteiger charge is 2.17. The number of rotatable bonds is 7. The van der Waals surface area contributed by atoms with Gasteiger partial charge in [0.2, 0.25) is 0 Å². The maximum absolute atomic E-state index is 4.22. The summed E-state index contributed by atoms with van der Waals surface area (Å²) in [7, 11) is 0. The fraction of sp³-hybridized carbons (Fsp3) is 0.778. The van der Waals surface area contributed by atoms with Crippen LogP contribution in [-0.4, -0.2) is 0 Å². The predicted octanol–water partition coefficient (Wildman–Crippen LogP) is 6.29. The molecule has 1 rings (SSSR count). The van der Waals surface area contributed by atoms with Crippen molar-refractivity contribution in [3.05, 3.63) is 23.8 Å². The van der Waals surface area contributed by atoms with Crippen molar-refractivity contribution in [1.29, 1.82) is 0 Å². The van der Waals surface area contributed by atoms with Crippen LogP contribution in [0.4, 0.5) is 0 Å². The molecule has 0 heterocycles. The predicted molar refractivity (Wildman–Crippen MR) is 82.8 cm³/mol. The molecule has 1 aliphatic carbocycles. The molecule has 0 spiro atoms. The summed E-state index contributed by atoms with van der Waals surface area (Å²) in [6.07, 6.45) is 14.5. The molecule has 0 heteroatoms. The van der Waals surface area contributed by atoms with Crippen LogP contribution in [0.15, 0.2) is 23.8 Å². The molecule has 0 nitrogen and oxygen atoms in total. The van der Waals surface area contributed by atoms with Crippen LogP contribution < -0.4 is 0 Å². The molecule has 2 atom stereocenters. The Morgan fingerprint density at radius 3 is 2.67 bits per heavy atom. The molecular weight excluding hydrogens is 216 g/mol. The Kier molecular flexibility index (Phi) is 7.39. The number of hydrogen-bond donors (Lipinski definition) is 0. The topological polar surface area (TPSA) is 0 Å². The smallest absolute Gasteiger partial charge is 0.0285 e. The van der Waals surface area contributed by atoms with Crippen LogP contribution in [0.1, 0.15) is 78.6 Å². The van der Waals surface area contributed by atoms with E-state index < -0.39 is 0 Å². The van der Waals surface area contributed by atoms with Gasteiger partial charge in [-0.25, -0.2) is 0 Å². The lowest BCUT2D eigenvalue weighted by Crippen LogP contribution is -2.12. The Morgan fingerprint density at radius 1 is 1.28 bits per heavy atom. The number of hydrogen-bond acceptors (Lipinski definition) is 0. The molecule has 1 saturated carbocycles. The maximum atomic E-state index is 4.22. The van der Waals surface area contributed by atoms with Crippen molar-refractivity contribution in [3.8, 4) is 0 Å². The maximum Gasteiger partial charge on any atom is -0.0285 e. The zero-order chi connectivity index (χ0) is 13.4. The van der Waals surface area contributed by atoms with E-state index in [-0.39, 0.29) is 0 Å². The van der Waals surface area contributed by atoms with Crippen LogP contribution in [0.3, 0.4) is 0 Å². The van der Waals surface area contributed by atoms with Crippen molar-refractivity contribution in [1.82, 2.24) is 0 Å². The number of allylic oxidation sites excluding steroid dienone is 3. The van der Waals surface area contributed by atoms with E-state index in [9.17, 15) is 0 Å². The van der Waals surface area contributed by atoms with Gasteiger partial charge in [0.05, 0.1) is 0 Å². The van der Waals surface area contributed by atoms with E-state index in [2.05, 4.69) is 33.4 Å². The highest BCUT2D eigenvalue weighted by atomic mass is 14.2. The van der Waals surface area contributed by atoms with Crippen molar-refractivity contribution in [2.24, 2.45) is 11.8 Å². The molecule has 0 aromatic carbocycles. The average molecular weight is 248 g/mol. The van der Waals surface area contributed by atoms with E-state index >= 15 is 0 Å². The van der Waals surface area contributed by atoms with Gasteiger partial charge in [-0.05, 0) is 49.5 Å². The van der Waals surface area contributed by atoms with Gasteiger partial charge < -0.3 is 0 Å². The second-order valence-corrected chi connectivity index (χ2v) is 6.15. The third-order valence-electron chi connectivity index (χ3n) is 4.40. The highest BCUT2D eigenvalue weighted by Crippen LogP contribution is 2.32. The largest absolute Gasteiger partial charge is 0.0956 e. The van der Waals surface area contributed by atoms with E-state index in [0.29, 0.717) is 0 Å². The fourth-order valence-electron chi connectivity index (χ4n) is 3.32. The second kappa shape index (κ2) is 8.56. The van der Waals surface area contributed by atoms with Gasteiger partial charge >= 0.3 is 0 Å². The van der Waals surface area contributed by atoms with Crippen molar-refractivity contribution in [3.63, 3.8) is 0 Å². The first-order valence-electron chi connectivity index (χ1n) is 8.04. The van der Waals surface area contributed by atoms with Crippen LogP contribution in [0.2, 0.25) is 0 Å². The van der Waals surface area contributed by atoms with Crippen LogP contribution in [0.25, 0.3) is 0 Å². The van der Waals surface area contributed by atoms with Gasteiger partial charge in [-0.1, -0.05) is 64.7 Å². The SMILES string of the molecule is C=C(CCC)/C(=C/CCC1CCCC(C)C1)CC. The van der Waals surface area contributed by atoms with E-state index in [0.717, 1.165) is 18.3 Å². The molecule has 0 aromatic rings. The van der Waals surface area contributed by atoms with Crippen LogP contribution in [0, 0.1) is 11.8 Å². The van der Waals surface area contributed by atoms with Crippen molar-refractivity contribution >= 4 is 0 Å². The molecule has 2 unspecified atom stereocenters. The van der Waals surface area contributed by atoms with Gasteiger partial charge in [0.15, 0.2) is 0 Å². The van der Waals surface area contributed by atoms with Gasteiger partial charge in [-0.3, -0.25) is 0 Å². The second-order valence-electron chi connectivity index (χ2n) is 6.15. The van der Waals surface area contributed by atoms with E-state index in [1.54, 1.807) is 0 Å². The van der Waals surface area contributed by atoms with Gasteiger partial charge in [-0.2, -0.15) is 0 Å². The summed E-state index contributed by atoms with van der Waals surface area (Å²) in [5.74, 6) is 1.95. The zero-order valence-electron chi connectivity index (χ0n) is 12.8. The van der Waals surface area contributed by atoms with E-state index in [1.165, 1.54) is 62.5 Å². The minimum Gasteiger partial charge on any atom is -0.0956 e. The molecule has 0 radical (unpaired) electrons. The lowest BCUT2D eigenvalue weighted by atomic mass is 9.80. The molecule has 0 N–H and O–H groups in total. The van der Waals surface area contributed by atoms with Gasteiger partial charge in [0.1, 0.15) is 0 Å². The van der Waals surface area contributed by atoms with Gasteiger partial charge in [0, 0.05) is 0 Å². The minimum absolute atomic E-state index is 0.966. The molecule has 0 aliphatic heterocycles. The van der Waals surface area contributed by atoms with E-state index in [4.69, 9.17) is 0 Å². The Bertz CT molecular complexity index is 272. The van der Waals surface area contributed by atoms with Crippen LogP contribution in [0.5, 0.6) is 0 Å². The third-order valence-corrected chi connectivity index (χ3v) is 4.40. The van der Waals surface area contributed by atoms with Crippen LogP contribution >= 0.6 is 0 Å². The Morgan fingerprint density at radius 2 is 2.06 bits per heavy atom. The Labute approximate surface area is 115 Å². The first-order valence-corrected chi connectivity index (χ1v) is 8.04. The molecule has 0 amide bonds. The lowest BCUT2D eigenvalue weighted by Gasteiger charge is -2.26. The van der Waals surface area contributed by atoms with Crippen LogP contribution in [-0.2, 0) is 0 Å². The molecule has 1 fully saturated rings. The summed E-state index contributed by atoms with van der Waals surface area (Å²) < 4.78 is 0. The average Bonchev–Trinajstić information content (AvgIpc) is 2.35.